The summed E-state index contributed by atoms with van der Waals surface area (Å²) in [4.78, 5) is 18.7. The van der Waals surface area contributed by atoms with Gasteiger partial charge in [0.2, 0.25) is 0 Å². The molecular formula is C17H30N4O2. The Morgan fingerprint density at radius 1 is 1.35 bits per heavy atom. The fraction of sp³-hybridized carbons (Fsp3) is 0.706. The first-order valence-electron chi connectivity index (χ1n) is 8.35. The lowest BCUT2D eigenvalue weighted by Crippen LogP contribution is -2.51. The van der Waals surface area contributed by atoms with E-state index in [4.69, 9.17) is 0 Å². The van der Waals surface area contributed by atoms with Crippen LogP contribution in [0.15, 0.2) is 18.3 Å². The van der Waals surface area contributed by atoms with Crippen LogP contribution in [0.2, 0.25) is 0 Å². The third-order valence-corrected chi connectivity index (χ3v) is 4.86. The largest absolute Gasteiger partial charge is 0.368 e. The average Bonchev–Trinajstić information content (AvgIpc) is 2.56. The van der Waals surface area contributed by atoms with Gasteiger partial charge in [-0.2, -0.15) is 0 Å². The quantitative estimate of drug-likeness (QED) is 0.626. The molecule has 1 aliphatic heterocycles. The van der Waals surface area contributed by atoms with Gasteiger partial charge >= 0.3 is 5.82 Å². The minimum absolute atomic E-state index is 0.0964. The molecule has 0 aromatic carbocycles. The van der Waals surface area contributed by atoms with Crippen LogP contribution in [0.3, 0.4) is 0 Å². The summed E-state index contributed by atoms with van der Waals surface area (Å²) in [5, 5.41) is 10.7. The first kappa shape index (κ1) is 19.4. The molecular weight excluding hydrogens is 292 g/mol. The van der Waals surface area contributed by atoms with Crippen molar-refractivity contribution in [2.75, 3.05) is 32.1 Å². The SMILES string of the molecule is CC.CN(C)C(C)(C)C1CCCN(c2ccc([N+](=O)[O-])nc2)C1. The molecule has 1 atom stereocenters. The van der Waals surface area contributed by atoms with Crippen LogP contribution < -0.4 is 4.90 Å². The summed E-state index contributed by atoms with van der Waals surface area (Å²) < 4.78 is 0. The lowest BCUT2D eigenvalue weighted by atomic mass is 9.80. The van der Waals surface area contributed by atoms with Crippen molar-refractivity contribution in [2.45, 2.75) is 46.1 Å². The lowest BCUT2D eigenvalue weighted by Gasteiger charge is -2.45. The molecule has 23 heavy (non-hydrogen) atoms. The van der Waals surface area contributed by atoms with Crippen LogP contribution in [-0.4, -0.2) is 47.5 Å². The van der Waals surface area contributed by atoms with E-state index in [0.29, 0.717) is 5.92 Å². The number of nitrogens with zero attached hydrogens (tertiary/aromatic N) is 4. The first-order valence-corrected chi connectivity index (χ1v) is 8.35. The van der Waals surface area contributed by atoms with Gasteiger partial charge in [0.1, 0.15) is 0 Å². The zero-order chi connectivity index (χ0) is 17.6. The van der Waals surface area contributed by atoms with E-state index in [2.05, 4.69) is 42.7 Å². The van der Waals surface area contributed by atoms with E-state index in [-0.39, 0.29) is 11.4 Å². The van der Waals surface area contributed by atoms with Gasteiger partial charge in [0.05, 0.1) is 5.69 Å². The fourth-order valence-electron chi connectivity index (χ4n) is 2.83. The summed E-state index contributed by atoms with van der Waals surface area (Å²) in [5.74, 6) is 0.470. The number of hydrogen-bond donors (Lipinski definition) is 0. The smallest absolute Gasteiger partial charge is 0.363 e. The second-order valence-electron chi connectivity index (χ2n) is 6.46. The third-order valence-electron chi connectivity index (χ3n) is 4.86. The van der Waals surface area contributed by atoms with Crippen molar-refractivity contribution in [3.8, 4) is 0 Å². The Labute approximate surface area is 139 Å². The highest BCUT2D eigenvalue weighted by atomic mass is 16.6. The number of anilines is 1. The van der Waals surface area contributed by atoms with E-state index in [1.807, 2.05) is 13.8 Å². The molecule has 0 aliphatic carbocycles. The molecule has 1 aliphatic rings. The van der Waals surface area contributed by atoms with Crippen molar-refractivity contribution in [3.63, 3.8) is 0 Å². The fourth-order valence-corrected chi connectivity index (χ4v) is 2.83. The Bertz CT molecular complexity index is 500. The van der Waals surface area contributed by atoms with Crippen molar-refractivity contribution in [3.05, 3.63) is 28.4 Å². The van der Waals surface area contributed by atoms with Crippen molar-refractivity contribution in [2.24, 2.45) is 5.92 Å². The molecule has 1 unspecified atom stereocenters. The Balaban J connectivity index is 0.00000127. The molecule has 0 N–H and O–H groups in total. The number of pyridine rings is 1. The van der Waals surface area contributed by atoms with Crippen molar-refractivity contribution >= 4 is 11.5 Å². The zero-order valence-corrected chi connectivity index (χ0v) is 15.2. The second-order valence-corrected chi connectivity index (χ2v) is 6.46. The van der Waals surface area contributed by atoms with Gasteiger partial charge in [-0.15, -0.1) is 0 Å². The highest BCUT2D eigenvalue weighted by Gasteiger charge is 2.35. The topological polar surface area (TPSA) is 62.5 Å². The van der Waals surface area contributed by atoms with Gasteiger partial charge in [0.25, 0.3) is 0 Å². The molecule has 0 saturated carbocycles. The minimum Gasteiger partial charge on any atom is -0.368 e. The molecule has 130 valence electrons. The van der Waals surface area contributed by atoms with Gasteiger partial charge in [-0.05, 0) is 62.7 Å². The van der Waals surface area contributed by atoms with Gasteiger partial charge < -0.3 is 19.9 Å². The van der Waals surface area contributed by atoms with Crippen LogP contribution in [0.5, 0.6) is 0 Å². The number of piperidine rings is 1. The van der Waals surface area contributed by atoms with Crippen LogP contribution in [0.4, 0.5) is 11.5 Å². The molecule has 6 nitrogen and oxygen atoms in total. The summed E-state index contributed by atoms with van der Waals surface area (Å²) >= 11 is 0. The van der Waals surface area contributed by atoms with Crippen molar-refractivity contribution in [1.29, 1.82) is 0 Å². The predicted molar refractivity (Wildman–Crippen MR) is 94.9 cm³/mol. The summed E-state index contributed by atoms with van der Waals surface area (Å²) in [6.07, 6.45) is 3.96. The van der Waals surface area contributed by atoms with Crippen LogP contribution in [-0.2, 0) is 0 Å². The van der Waals surface area contributed by atoms with E-state index < -0.39 is 4.92 Å². The van der Waals surface area contributed by atoms with Crippen LogP contribution in [0, 0.1) is 16.0 Å². The van der Waals surface area contributed by atoms with E-state index in [0.717, 1.165) is 25.2 Å². The minimum atomic E-state index is -0.460. The van der Waals surface area contributed by atoms with Crippen molar-refractivity contribution in [1.82, 2.24) is 9.88 Å². The summed E-state index contributed by atoms with van der Waals surface area (Å²) in [7, 11) is 4.23. The summed E-state index contributed by atoms with van der Waals surface area (Å²) in [6.45, 7) is 10.5. The van der Waals surface area contributed by atoms with Gasteiger partial charge in [0.15, 0.2) is 6.20 Å². The number of aromatic nitrogens is 1. The molecule has 2 heterocycles. The highest BCUT2D eigenvalue weighted by molar-refractivity contribution is 5.47. The molecule has 0 amide bonds. The number of nitro groups is 1. The van der Waals surface area contributed by atoms with Gasteiger partial charge in [-0.25, -0.2) is 0 Å². The van der Waals surface area contributed by atoms with E-state index in [9.17, 15) is 10.1 Å². The van der Waals surface area contributed by atoms with E-state index in [1.54, 1.807) is 12.3 Å². The molecule has 6 heteroatoms. The second kappa shape index (κ2) is 8.24. The Morgan fingerprint density at radius 3 is 2.48 bits per heavy atom. The first-order chi connectivity index (χ1) is 10.8. The normalized spacial score (nSPS) is 18.4. The molecule has 0 radical (unpaired) electrons. The van der Waals surface area contributed by atoms with Crippen LogP contribution >= 0.6 is 0 Å². The Kier molecular flexibility index (Phi) is 6.94. The molecule has 0 spiro atoms. The molecule has 1 aromatic heterocycles. The van der Waals surface area contributed by atoms with E-state index in [1.165, 1.54) is 12.5 Å². The van der Waals surface area contributed by atoms with Gasteiger partial charge in [-0.1, -0.05) is 13.8 Å². The predicted octanol–water partition coefficient (Wildman–Crippen LogP) is 3.57. The third kappa shape index (κ3) is 4.64. The summed E-state index contributed by atoms with van der Waals surface area (Å²) in [6, 6.07) is 3.28. The monoisotopic (exact) mass is 322 g/mol. The van der Waals surface area contributed by atoms with Gasteiger partial charge in [0, 0.05) is 24.7 Å². The molecule has 1 aromatic rings. The molecule has 1 saturated heterocycles. The summed E-state index contributed by atoms with van der Waals surface area (Å²) in [5.41, 5.74) is 1.10. The number of hydrogen-bond acceptors (Lipinski definition) is 5. The zero-order valence-electron chi connectivity index (χ0n) is 15.2. The Morgan fingerprint density at radius 2 is 2.00 bits per heavy atom. The average molecular weight is 322 g/mol. The van der Waals surface area contributed by atoms with Crippen molar-refractivity contribution < 1.29 is 4.92 Å². The van der Waals surface area contributed by atoms with Gasteiger partial charge in [-0.3, -0.25) is 0 Å². The molecule has 0 bridgehead atoms. The number of rotatable bonds is 4. The maximum absolute atomic E-state index is 10.7. The Hall–Kier alpha value is -1.69. The molecule has 2 rings (SSSR count). The van der Waals surface area contributed by atoms with Crippen LogP contribution in [0.25, 0.3) is 0 Å². The maximum Gasteiger partial charge on any atom is 0.363 e. The van der Waals surface area contributed by atoms with Crippen LogP contribution in [0.1, 0.15) is 40.5 Å². The standard InChI is InChI=1S/C15H24N4O2.C2H6/c1-15(2,17(3)4)12-6-5-9-18(11-12)13-7-8-14(16-10-13)19(20)21;1-2/h7-8,10,12H,5-6,9,11H2,1-4H3;1-2H3. The molecule has 1 fully saturated rings. The highest BCUT2D eigenvalue weighted by Crippen LogP contribution is 2.32. The lowest BCUT2D eigenvalue weighted by molar-refractivity contribution is -0.389. The maximum atomic E-state index is 10.7. The van der Waals surface area contributed by atoms with E-state index >= 15 is 0 Å².